The van der Waals surface area contributed by atoms with Gasteiger partial charge in [0.05, 0.1) is 13.2 Å². The van der Waals surface area contributed by atoms with Crippen LogP contribution in [0.5, 0.6) is 0 Å². The second-order valence-electron chi connectivity index (χ2n) is 8.88. The van der Waals surface area contributed by atoms with Gasteiger partial charge in [0.15, 0.2) is 9.03 Å². The van der Waals surface area contributed by atoms with Gasteiger partial charge in [0.1, 0.15) is 0 Å². The summed E-state index contributed by atoms with van der Waals surface area (Å²) < 4.78 is 11.0. The molecule has 0 aromatic heterocycles. The first-order valence-corrected chi connectivity index (χ1v) is 16.8. The molecule has 136 valence electrons. The molecule has 0 fully saturated rings. The highest BCUT2D eigenvalue weighted by Crippen LogP contribution is 2.19. The van der Waals surface area contributed by atoms with Crippen LogP contribution in [0.15, 0.2) is 0 Å². The van der Waals surface area contributed by atoms with Gasteiger partial charge in [0.25, 0.3) is 0 Å². The Morgan fingerprint density at radius 2 is 1.05 bits per heavy atom. The van der Waals surface area contributed by atoms with Crippen molar-refractivity contribution in [1.29, 1.82) is 0 Å². The fourth-order valence-corrected chi connectivity index (χ4v) is 3.80. The first-order valence-electron chi connectivity index (χ1n) is 8.58. The topological polar surface area (TPSA) is 30.5 Å². The molecule has 0 aliphatic carbocycles. The van der Waals surface area contributed by atoms with Crippen molar-refractivity contribution >= 4 is 25.2 Å². The summed E-state index contributed by atoms with van der Waals surface area (Å²) in [6, 6.07) is 3.72. The predicted molar refractivity (Wildman–Crippen MR) is 110 cm³/mol. The molecule has 0 aliphatic heterocycles. The van der Waals surface area contributed by atoms with E-state index in [9.17, 15) is 0 Å². The van der Waals surface area contributed by atoms with Gasteiger partial charge in [-0.2, -0.15) is 0 Å². The van der Waals surface area contributed by atoms with Crippen molar-refractivity contribution in [3.8, 4) is 0 Å². The van der Waals surface area contributed by atoms with Crippen LogP contribution in [-0.2, 0) is 9.05 Å². The SMILES string of the molecule is CC(C)NC(C)C.C[Si](C)(C)CCOPOCC[Si](C)(C)C. The van der Waals surface area contributed by atoms with Crippen molar-refractivity contribution in [2.45, 2.75) is 91.1 Å². The average Bonchev–Trinajstić information content (AvgIpc) is 2.23. The molecule has 3 nitrogen and oxygen atoms in total. The molecule has 0 amide bonds. The zero-order valence-corrected chi connectivity index (χ0v) is 19.8. The third kappa shape index (κ3) is 28.8. The van der Waals surface area contributed by atoms with Crippen LogP contribution < -0.4 is 5.32 Å². The summed E-state index contributed by atoms with van der Waals surface area (Å²) >= 11 is 0. The third-order valence-corrected chi connectivity index (χ3v) is 6.74. The van der Waals surface area contributed by atoms with E-state index >= 15 is 0 Å². The number of rotatable bonds is 10. The quantitative estimate of drug-likeness (QED) is 0.310. The highest BCUT2D eigenvalue weighted by molar-refractivity contribution is 7.26. The fourth-order valence-electron chi connectivity index (χ4n) is 1.51. The molecule has 0 saturated heterocycles. The van der Waals surface area contributed by atoms with Crippen LogP contribution in [0.1, 0.15) is 27.7 Å². The smallest absolute Gasteiger partial charge is 0.155 e. The maximum Gasteiger partial charge on any atom is 0.155 e. The Bertz CT molecular complexity index is 228. The van der Waals surface area contributed by atoms with Crippen LogP contribution in [0.4, 0.5) is 0 Å². The molecule has 0 aliphatic rings. The molecule has 22 heavy (non-hydrogen) atoms. The molecule has 0 spiro atoms. The Morgan fingerprint density at radius 3 is 1.23 bits per heavy atom. The largest absolute Gasteiger partial charge is 0.337 e. The minimum absolute atomic E-state index is 0.248. The highest BCUT2D eigenvalue weighted by atomic mass is 31.1. The minimum atomic E-state index is -0.925. The van der Waals surface area contributed by atoms with Crippen molar-refractivity contribution in [3.63, 3.8) is 0 Å². The van der Waals surface area contributed by atoms with Crippen molar-refractivity contribution in [3.05, 3.63) is 0 Å². The average molecular weight is 368 g/mol. The molecule has 0 radical (unpaired) electrons. The monoisotopic (exact) mass is 367 g/mol. The Labute approximate surface area is 144 Å². The van der Waals surface area contributed by atoms with E-state index in [0.29, 0.717) is 12.1 Å². The summed E-state index contributed by atoms with van der Waals surface area (Å²) in [5.74, 6) is 0. The summed E-state index contributed by atoms with van der Waals surface area (Å²) in [7, 11) is -1.60. The molecule has 0 bridgehead atoms. The summed E-state index contributed by atoms with van der Waals surface area (Å²) in [5, 5.41) is 3.31. The maximum absolute atomic E-state index is 5.48. The lowest BCUT2D eigenvalue weighted by Crippen LogP contribution is -2.29. The zero-order chi connectivity index (χ0) is 17.8. The van der Waals surface area contributed by atoms with E-state index in [0.717, 1.165) is 13.2 Å². The molecule has 1 N–H and O–H groups in total. The number of hydrogen-bond acceptors (Lipinski definition) is 3. The minimum Gasteiger partial charge on any atom is -0.337 e. The van der Waals surface area contributed by atoms with Gasteiger partial charge < -0.3 is 14.4 Å². The summed E-state index contributed by atoms with van der Waals surface area (Å²) in [4.78, 5) is 0. The predicted octanol–water partition coefficient (Wildman–Crippen LogP) is 5.60. The molecule has 0 atom stereocenters. The van der Waals surface area contributed by atoms with Gasteiger partial charge in [0.2, 0.25) is 0 Å². The van der Waals surface area contributed by atoms with Gasteiger partial charge in [0, 0.05) is 28.2 Å². The lowest BCUT2D eigenvalue weighted by molar-refractivity contribution is 0.286. The summed E-state index contributed by atoms with van der Waals surface area (Å²) in [6.07, 6.45) is 0. The lowest BCUT2D eigenvalue weighted by Gasteiger charge is -2.16. The molecule has 0 aromatic rings. The van der Waals surface area contributed by atoms with Crippen LogP contribution in [0.2, 0.25) is 51.4 Å². The number of nitrogens with one attached hydrogen (secondary N) is 1. The van der Waals surface area contributed by atoms with Crippen LogP contribution in [-0.4, -0.2) is 41.4 Å². The first kappa shape index (κ1) is 25.0. The molecule has 0 heterocycles. The molecule has 6 heteroatoms. The zero-order valence-electron chi connectivity index (χ0n) is 16.8. The second kappa shape index (κ2) is 13.1. The van der Waals surface area contributed by atoms with E-state index in [1.54, 1.807) is 0 Å². The Morgan fingerprint density at radius 1 is 0.727 bits per heavy atom. The summed E-state index contributed by atoms with van der Waals surface area (Å²) in [6.45, 7) is 24.6. The third-order valence-electron chi connectivity index (χ3n) is 2.69. The molecule has 0 unspecified atom stereocenters. The van der Waals surface area contributed by atoms with Crippen LogP contribution >= 0.6 is 9.03 Å². The van der Waals surface area contributed by atoms with Gasteiger partial charge in [-0.3, -0.25) is 0 Å². The fraction of sp³-hybridized carbons (Fsp3) is 1.00. The first-order chi connectivity index (χ1) is 9.83. The van der Waals surface area contributed by atoms with Crippen LogP contribution in [0.25, 0.3) is 0 Å². The van der Waals surface area contributed by atoms with E-state index in [1.807, 2.05) is 0 Å². The number of hydrogen-bond donors (Lipinski definition) is 1. The van der Waals surface area contributed by atoms with E-state index in [2.05, 4.69) is 72.3 Å². The molecular weight excluding hydrogens is 325 g/mol. The van der Waals surface area contributed by atoms with Crippen molar-refractivity contribution in [2.24, 2.45) is 0 Å². The maximum atomic E-state index is 5.48. The van der Waals surface area contributed by atoms with Gasteiger partial charge in [-0.25, -0.2) is 0 Å². The lowest BCUT2D eigenvalue weighted by atomic mass is 10.3. The van der Waals surface area contributed by atoms with E-state index < -0.39 is 16.1 Å². The van der Waals surface area contributed by atoms with Crippen molar-refractivity contribution in [2.75, 3.05) is 13.2 Å². The molecule has 0 aromatic carbocycles. The Kier molecular flexibility index (Phi) is 14.9. The van der Waals surface area contributed by atoms with Gasteiger partial charge >= 0.3 is 0 Å². The summed E-state index contributed by atoms with van der Waals surface area (Å²) in [5.41, 5.74) is 0. The molecule has 0 saturated carbocycles. The van der Waals surface area contributed by atoms with Crippen molar-refractivity contribution in [1.82, 2.24) is 5.32 Å². The molecular formula is C16H42NO2PSi2. The molecule has 0 rings (SSSR count). The standard InChI is InChI=1S/C10H27O2PSi2.C6H15N/c1-14(2,3)9-7-11-13-12-8-10-15(4,5)6;1-5(2)7-6(3)4/h13H,7-10H2,1-6H3;5-7H,1-4H3. The Balaban J connectivity index is 0. The van der Waals surface area contributed by atoms with Crippen LogP contribution in [0.3, 0.4) is 0 Å². The Hall–Kier alpha value is 0.744. The van der Waals surface area contributed by atoms with E-state index in [4.69, 9.17) is 9.05 Å². The van der Waals surface area contributed by atoms with Gasteiger partial charge in [-0.15, -0.1) is 0 Å². The van der Waals surface area contributed by atoms with Crippen molar-refractivity contribution < 1.29 is 9.05 Å². The van der Waals surface area contributed by atoms with E-state index in [-0.39, 0.29) is 9.03 Å². The van der Waals surface area contributed by atoms with Gasteiger partial charge in [-0.1, -0.05) is 67.0 Å². The van der Waals surface area contributed by atoms with Crippen LogP contribution in [0, 0.1) is 0 Å². The van der Waals surface area contributed by atoms with E-state index in [1.165, 1.54) is 12.1 Å². The normalized spacial score (nSPS) is 12.5. The second-order valence-corrected chi connectivity index (χ2v) is 20.9. The van der Waals surface area contributed by atoms with Gasteiger partial charge in [-0.05, 0) is 12.1 Å². The highest BCUT2D eigenvalue weighted by Gasteiger charge is 2.13.